The quantitative estimate of drug-likeness (QED) is 0.387. The molecule has 4 aromatic rings. The zero-order chi connectivity index (χ0) is 24.1. The second kappa shape index (κ2) is 8.59. The SMILES string of the molecule is CC(C)c1c2[n+](cn1Cn1c[n+]3c(c1C(C)C)OC[C@H]3c1ccccc1)[C@H](c1ccccc1)CO2. The second-order valence-electron chi connectivity index (χ2n) is 10.3. The molecule has 2 aromatic heterocycles. The molecule has 0 N–H and O–H groups in total. The molecule has 2 aliphatic heterocycles. The number of fused-ring (bicyclic) bond motifs is 2. The van der Waals surface area contributed by atoms with E-state index >= 15 is 0 Å². The summed E-state index contributed by atoms with van der Waals surface area (Å²) < 4.78 is 21.9. The Balaban J connectivity index is 1.40. The van der Waals surface area contributed by atoms with E-state index < -0.39 is 0 Å². The molecule has 4 heterocycles. The minimum absolute atomic E-state index is 0.198. The average molecular weight is 471 g/mol. The lowest BCUT2D eigenvalue weighted by atomic mass is 10.1. The molecule has 6 heteroatoms. The Morgan fingerprint density at radius 1 is 0.686 bits per heavy atom. The lowest BCUT2D eigenvalue weighted by Gasteiger charge is -2.09. The topological polar surface area (TPSA) is 36.1 Å². The number of hydrogen-bond donors (Lipinski definition) is 0. The van der Waals surface area contributed by atoms with Crippen LogP contribution in [0, 0.1) is 0 Å². The Hall–Kier alpha value is -3.54. The first kappa shape index (κ1) is 22.0. The van der Waals surface area contributed by atoms with Crippen molar-refractivity contribution in [1.82, 2.24) is 9.13 Å². The second-order valence-corrected chi connectivity index (χ2v) is 10.3. The molecule has 6 rings (SSSR count). The predicted molar refractivity (Wildman–Crippen MR) is 133 cm³/mol. The number of hydrogen-bond acceptors (Lipinski definition) is 2. The Kier molecular flexibility index (Phi) is 5.39. The fourth-order valence-corrected chi connectivity index (χ4v) is 5.67. The Labute approximate surface area is 207 Å². The van der Waals surface area contributed by atoms with Crippen molar-refractivity contribution < 1.29 is 18.6 Å². The summed E-state index contributed by atoms with van der Waals surface area (Å²) in [5.41, 5.74) is 5.03. The van der Waals surface area contributed by atoms with Gasteiger partial charge in [0.2, 0.25) is 6.67 Å². The van der Waals surface area contributed by atoms with E-state index in [4.69, 9.17) is 9.47 Å². The molecule has 6 nitrogen and oxygen atoms in total. The van der Waals surface area contributed by atoms with Gasteiger partial charge in [0.25, 0.3) is 12.7 Å². The smallest absolute Gasteiger partial charge is 0.329 e. The van der Waals surface area contributed by atoms with Crippen molar-refractivity contribution in [2.24, 2.45) is 0 Å². The van der Waals surface area contributed by atoms with Crippen LogP contribution in [0.2, 0.25) is 0 Å². The number of aromatic nitrogens is 4. The monoisotopic (exact) mass is 470 g/mol. The van der Waals surface area contributed by atoms with E-state index in [9.17, 15) is 0 Å². The fraction of sp³-hybridized carbons (Fsp3) is 0.379. The van der Waals surface area contributed by atoms with Crippen LogP contribution < -0.4 is 18.6 Å². The first-order valence-electron chi connectivity index (χ1n) is 12.7. The standard InChI is InChI=1S/C29H34N4O2/c1-20(2)26-28-32(24(15-34-28)22-11-7-5-8-12-22)18-30(26)17-31-19-33-25(23-13-9-6-10-14-23)16-35-29(33)27(31)21(3)4/h5-14,18-21,24-25H,15-17H2,1-4H3/q+2/t24-,25-/m0/s1. The molecule has 0 unspecified atom stereocenters. The number of nitrogens with zero attached hydrogens (tertiary/aromatic N) is 4. The highest BCUT2D eigenvalue weighted by atomic mass is 16.5. The third-order valence-electron chi connectivity index (χ3n) is 7.25. The van der Waals surface area contributed by atoms with Gasteiger partial charge in [0, 0.05) is 23.0 Å². The highest BCUT2D eigenvalue weighted by Crippen LogP contribution is 2.34. The van der Waals surface area contributed by atoms with E-state index in [2.05, 4.69) is 119 Å². The molecule has 0 radical (unpaired) electrons. The highest BCUT2D eigenvalue weighted by Gasteiger charge is 2.41. The molecule has 0 aliphatic carbocycles. The van der Waals surface area contributed by atoms with Crippen LogP contribution in [0.1, 0.15) is 74.1 Å². The van der Waals surface area contributed by atoms with E-state index in [1.807, 2.05) is 0 Å². The van der Waals surface area contributed by atoms with Gasteiger partial charge >= 0.3 is 11.8 Å². The predicted octanol–water partition coefficient (Wildman–Crippen LogP) is 4.58. The van der Waals surface area contributed by atoms with Gasteiger partial charge in [-0.15, -0.1) is 0 Å². The van der Waals surface area contributed by atoms with E-state index in [-0.39, 0.29) is 12.1 Å². The summed E-state index contributed by atoms with van der Waals surface area (Å²) >= 11 is 0. The first-order valence-corrected chi connectivity index (χ1v) is 12.7. The summed E-state index contributed by atoms with van der Waals surface area (Å²) in [4.78, 5) is 0. The van der Waals surface area contributed by atoms with Crippen LogP contribution in [0.4, 0.5) is 0 Å². The normalized spacial score (nSPS) is 18.6. The molecule has 0 spiro atoms. The molecule has 2 aliphatic rings. The van der Waals surface area contributed by atoms with Gasteiger partial charge in [-0.1, -0.05) is 88.4 Å². The van der Waals surface area contributed by atoms with Gasteiger partial charge in [-0.2, -0.15) is 18.3 Å². The lowest BCUT2D eigenvalue weighted by molar-refractivity contribution is -0.696. The van der Waals surface area contributed by atoms with Crippen LogP contribution >= 0.6 is 0 Å². The maximum absolute atomic E-state index is 6.29. The largest absolute Gasteiger partial charge is 0.454 e. The van der Waals surface area contributed by atoms with Gasteiger partial charge in [-0.05, 0) is 0 Å². The van der Waals surface area contributed by atoms with E-state index in [0.717, 1.165) is 18.4 Å². The average Bonchev–Trinajstić information content (AvgIpc) is 3.59. The van der Waals surface area contributed by atoms with Gasteiger partial charge < -0.3 is 9.47 Å². The lowest BCUT2D eigenvalue weighted by Crippen LogP contribution is -2.36. The van der Waals surface area contributed by atoms with Crippen molar-refractivity contribution in [3.05, 3.63) is 95.8 Å². The van der Waals surface area contributed by atoms with Crippen LogP contribution in [0.3, 0.4) is 0 Å². The summed E-state index contributed by atoms with van der Waals surface area (Å²) in [6.07, 6.45) is 4.48. The molecule has 0 fully saturated rings. The Morgan fingerprint density at radius 2 is 1.09 bits per heavy atom. The third kappa shape index (κ3) is 3.63. The first-order chi connectivity index (χ1) is 17.0. The molecule has 0 amide bonds. The van der Waals surface area contributed by atoms with Gasteiger partial charge in [0.15, 0.2) is 23.5 Å². The third-order valence-corrected chi connectivity index (χ3v) is 7.25. The number of rotatable bonds is 6. The van der Waals surface area contributed by atoms with Gasteiger partial charge in [0.1, 0.15) is 13.2 Å². The molecule has 2 atom stereocenters. The molecule has 0 bridgehead atoms. The van der Waals surface area contributed by atoms with Crippen molar-refractivity contribution in [2.75, 3.05) is 13.2 Å². The maximum atomic E-state index is 6.29. The van der Waals surface area contributed by atoms with Crippen LogP contribution in [0.15, 0.2) is 73.3 Å². The van der Waals surface area contributed by atoms with Crippen LogP contribution in [-0.2, 0) is 6.67 Å². The number of imidazole rings is 2. The summed E-state index contributed by atoms with van der Waals surface area (Å²) in [6.45, 7) is 11.1. The summed E-state index contributed by atoms with van der Waals surface area (Å²) in [5, 5.41) is 0. The van der Waals surface area contributed by atoms with E-state index in [1.165, 1.54) is 22.5 Å². The van der Waals surface area contributed by atoms with Gasteiger partial charge in [-0.3, -0.25) is 0 Å². The molecular weight excluding hydrogens is 436 g/mol. The molecule has 0 saturated carbocycles. The summed E-state index contributed by atoms with van der Waals surface area (Å²) in [5.74, 6) is 2.66. The van der Waals surface area contributed by atoms with Crippen LogP contribution in [0.5, 0.6) is 11.8 Å². The van der Waals surface area contributed by atoms with Crippen molar-refractivity contribution >= 4 is 0 Å². The van der Waals surface area contributed by atoms with Crippen LogP contribution in [-0.4, -0.2) is 22.3 Å². The van der Waals surface area contributed by atoms with Crippen molar-refractivity contribution in [3.8, 4) is 11.8 Å². The van der Waals surface area contributed by atoms with E-state index in [0.29, 0.717) is 25.0 Å². The zero-order valence-electron chi connectivity index (χ0n) is 21.0. The minimum atomic E-state index is 0.198. The number of benzene rings is 2. The highest BCUT2D eigenvalue weighted by molar-refractivity contribution is 5.26. The zero-order valence-corrected chi connectivity index (χ0v) is 21.0. The van der Waals surface area contributed by atoms with Crippen molar-refractivity contribution in [3.63, 3.8) is 0 Å². The number of ether oxygens (including phenoxy) is 2. The van der Waals surface area contributed by atoms with Gasteiger partial charge in [0.05, 0.1) is 0 Å². The summed E-state index contributed by atoms with van der Waals surface area (Å²) in [6, 6.07) is 21.7. The van der Waals surface area contributed by atoms with Gasteiger partial charge in [-0.25, -0.2) is 0 Å². The van der Waals surface area contributed by atoms with Crippen molar-refractivity contribution in [1.29, 1.82) is 0 Å². The van der Waals surface area contributed by atoms with Crippen LogP contribution in [0.25, 0.3) is 0 Å². The molecule has 35 heavy (non-hydrogen) atoms. The molecule has 180 valence electrons. The van der Waals surface area contributed by atoms with E-state index in [1.54, 1.807) is 0 Å². The molecular formula is C29H34N4O2+2. The fourth-order valence-electron chi connectivity index (χ4n) is 5.67. The molecule has 0 saturated heterocycles. The molecule has 2 aromatic carbocycles. The maximum Gasteiger partial charge on any atom is 0.329 e. The van der Waals surface area contributed by atoms with Crippen molar-refractivity contribution in [2.45, 2.75) is 58.3 Å². The Morgan fingerprint density at radius 3 is 1.46 bits per heavy atom. The summed E-state index contributed by atoms with van der Waals surface area (Å²) in [7, 11) is 0. The minimum Gasteiger partial charge on any atom is -0.454 e. The Bertz CT molecular complexity index is 1230.